The molecule has 138 valence electrons. The van der Waals surface area contributed by atoms with Crippen LogP contribution in [0.3, 0.4) is 0 Å². The van der Waals surface area contributed by atoms with Crippen molar-refractivity contribution in [1.29, 1.82) is 0 Å². The SMILES string of the molecule is CCCCc1ccc(NS(=O)(=O)c2cccc(C(=O)N3CCC3)c2)cc1. The zero-order valence-corrected chi connectivity index (χ0v) is 15.8. The van der Waals surface area contributed by atoms with Crippen molar-refractivity contribution in [3.63, 3.8) is 0 Å². The molecule has 1 amide bonds. The lowest BCUT2D eigenvalue weighted by molar-refractivity contribution is 0.0651. The normalized spacial score (nSPS) is 14.0. The van der Waals surface area contributed by atoms with E-state index in [0.717, 1.165) is 38.8 Å². The third kappa shape index (κ3) is 4.25. The Morgan fingerprint density at radius 2 is 1.85 bits per heavy atom. The number of nitrogens with one attached hydrogen (secondary N) is 1. The number of carbonyl (C=O) groups is 1. The molecule has 26 heavy (non-hydrogen) atoms. The maximum Gasteiger partial charge on any atom is 0.261 e. The Morgan fingerprint density at radius 3 is 2.46 bits per heavy atom. The molecule has 1 aliphatic rings. The summed E-state index contributed by atoms with van der Waals surface area (Å²) in [6, 6.07) is 13.6. The van der Waals surface area contributed by atoms with Crippen LogP contribution in [0.25, 0.3) is 0 Å². The first-order valence-electron chi connectivity index (χ1n) is 9.01. The van der Waals surface area contributed by atoms with E-state index in [1.54, 1.807) is 29.2 Å². The van der Waals surface area contributed by atoms with E-state index in [1.165, 1.54) is 17.7 Å². The van der Waals surface area contributed by atoms with Gasteiger partial charge in [0.25, 0.3) is 15.9 Å². The van der Waals surface area contributed by atoms with Crippen molar-refractivity contribution in [1.82, 2.24) is 4.90 Å². The number of benzene rings is 2. The molecule has 0 aromatic heterocycles. The lowest BCUT2D eigenvalue weighted by Crippen LogP contribution is -2.42. The Morgan fingerprint density at radius 1 is 1.12 bits per heavy atom. The molecule has 6 heteroatoms. The maximum absolute atomic E-state index is 12.7. The minimum Gasteiger partial charge on any atom is -0.339 e. The van der Waals surface area contributed by atoms with Gasteiger partial charge in [-0.05, 0) is 55.2 Å². The Kier molecular flexibility index (Phi) is 5.61. The number of anilines is 1. The van der Waals surface area contributed by atoms with E-state index in [4.69, 9.17) is 0 Å². The Labute approximate surface area is 155 Å². The van der Waals surface area contributed by atoms with Gasteiger partial charge < -0.3 is 4.90 Å². The highest BCUT2D eigenvalue weighted by Crippen LogP contribution is 2.20. The van der Waals surface area contributed by atoms with Crippen molar-refractivity contribution in [3.8, 4) is 0 Å². The second-order valence-electron chi connectivity index (χ2n) is 6.58. The van der Waals surface area contributed by atoms with Crippen LogP contribution in [0.5, 0.6) is 0 Å². The van der Waals surface area contributed by atoms with Crippen molar-refractivity contribution < 1.29 is 13.2 Å². The summed E-state index contributed by atoms with van der Waals surface area (Å²) >= 11 is 0. The molecule has 2 aromatic rings. The highest BCUT2D eigenvalue weighted by molar-refractivity contribution is 7.92. The molecule has 0 atom stereocenters. The molecule has 5 nitrogen and oxygen atoms in total. The third-order valence-electron chi connectivity index (χ3n) is 4.56. The minimum absolute atomic E-state index is 0.0962. The molecule has 1 heterocycles. The van der Waals surface area contributed by atoms with E-state index < -0.39 is 10.0 Å². The Bertz CT molecular complexity index is 872. The zero-order chi connectivity index (χ0) is 18.6. The van der Waals surface area contributed by atoms with Crippen molar-refractivity contribution in [3.05, 3.63) is 59.7 Å². The van der Waals surface area contributed by atoms with Gasteiger partial charge in [0, 0.05) is 24.3 Å². The van der Waals surface area contributed by atoms with Crippen molar-refractivity contribution in [2.45, 2.75) is 37.5 Å². The van der Waals surface area contributed by atoms with Crippen LogP contribution >= 0.6 is 0 Å². The summed E-state index contributed by atoms with van der Waals surface area (Å²) in [4.78, 5) is 14.1. The van der Waals surface area contributed by atoms with E-state index in [0.29, 0.717) is 11.3 Å². The zero-order valence-electron chi connectivity index (χ0n) is 14.9. The van der Waals surface area contributed by atoms with Crippen LogP contribution in [0.15, 0.2) is 53.4 Å². The summed E-state index contributed by atoms with van der Waals surface area (Å²) < 4.78 is 27.9. The highest BCUT2D eigenvalue weighted by Gasteiger charge is 2.23. The molecule has 0 saturated carbocycles. The smallest absolute Gasteiger partial charge is 0.261 e. The Balaban J connectivity index is 1.74. The number of aryl methyl sites for hydroxylation is 1. The number of hydrogen-bond acceptors (Lipinski definition) is 3. The largest absolute Gasteiger partial charge is 0.339 e. The molecule has 1 saturated heterocycles. The fraction of sp³-hybridized carbons (Fsp3) is 0.350. The minimum atomic E-state index is -3.73. The van der Waals surface area contributed by atoms with Crippen LogP contribution in [0.1, 0.15) is 42.1 Å². The second-order valence-corrected chi connectivity index (χ2v) is 8.26. The van der Waals surface area contributed by atoms with E-state index >= 15 is 0 Å². The van der Waals surface area contributed by atoms with Crippen LogP contribution in [0, 0.1) is 0 Å². The van der Waals surface area contributed by atoms with Gasteiger partial charge in [-0.15, -0.1) is 0 Å². The quantitative estimate of drug-likeness (QED) is 0.806. The highest BCUT2D eigenvalue weighted by atomic mass is 32.2. The fourth-order valence-corrected chi connectivity index (χ4v) is 3.94. The number of nitrogens with zero attached hydrogens (tertiary/aromatic N) is 1. The molecule has 1 N–H and O–H groups in total. The van der Waals surface area contributed by atoms with Crippen molar-refractivity contribution >= 4 is 21.6 Å². The van der Waals surface area contributed by atoms with E-state index in [2.05, 4.69) is 11.6 Å². The number of amides is 1. The number of likely N-dealkylation sites (tertiary alicyclic amines) is 1. The molecule has 0 aliphatic carbocycles. The molecule has 0 radical (unpaired) electrons. The predicted octanol–water partition coefficient (Wildman–Crippen LogP) is 3.68. The number of rotatable bonds is 7. The summed E-state index contributed by atoms with van der Waals surface area (Å²) in [6.07, 6.45) is 4.23. The third-order valence-corrected chi connectivity index (χ3v) is 5.94. The number of unbranched alkanes of at least 4 members (excludes halogenated alkanes) is 1. The number of carbonyl (C=O) groups excluding carboxylic acids is 1. The lowest BCUT2D eigenvalue weighted by atomic mass is 10.1. The summed E-state index contributed by atoms with van der Waals surface area (Å²) in [5.41, 5.74) is 2.11. The molecule has 3 rings (SSSR count). The summed E-state index contributed by atoms with van der Waals surface area (Å²) in [5, 5.41) is 0. The van der Waals surface area contributed by atoms with E-state index in [1.807, 2.05) is 12.1 Å². The molecule has 0 unspecified atom stereocenters. The first-order chi connectivity index (χ1) is 12.5. The second kappa shape index (κ2) is 7.91. The fourth-order valence-electron chi connectivity index (χ4n) is 2.83. The molecule has 1 fully saturated rings. The summed E-state index contributed by atoms with van der Waals surface area (Å²) in [6.45, 7) is 3.61. The standard InChI is InChI=1S/C20H24N2O3S/c1-2-3-6-16-9-11-18(12-10-16)21-26(24,25)19-8-4-7-17(15-19)20(23)22-13-5-14-22/h4,7-12,15,21H,2-3,5-6,13-14H2,1H3. The van der Waals surface area contributed by atoms with Gasteiger partial charge in [0.15, 0.2) is 0 Å². The lowest BCUT2D eigenvalue weighted by Gasteiger charge is -2.31. The van der Waals surface area contributed by atoms with Crippen LogP contribution in [-0.4, -0.2) is 32.3 Å². The molecule has 1 aliphatic heterocycles. The van der Waals surface area contributed by atoms with Crippen molar-refractivity contribution in [2.75, 3.05) is 17.8 Å². The van der Waals surface area contributed by atoms with Crippen LogP contribution in [0.2, 0.25) is 0 Å². The van der Waals surface area contributed by atoms with Crippen LogP contribution in [-0.2, 0) is 16.4 Å². The monoisotopic (exact) mass is 372 g/mol. The topological polar surface area (TPSA) is 66.5 Å². The van der Waals surface area contributed by atoms with Gasteiger partial charge in [0.1, 0.15) is 0 Å². The van der Waals surface area contributed by atoms with Crippen molar-refractivity contribution in [2.24, 2.45) is 0 Å². The molecule has 2 aromatic carbocycles. The van der Waals surface area contributed by atoms with Gasteiger partial charge in [0.2, 0.25) is 0 Å². The van der Waals surface area contributed by atoms with E-state index in [-0.39, 0.29) is 10.8 Å². The average molecular weight is 372 g/mol. The van der Waals surface area contributed by atoms with Crippen LogP contribution < -0.4 is 4.72 Å². The van der Waals surface area contributed by atoms with Gasteiger partial charge in [-0.2, -0.15) is 0 Å². The number of sulfonamides is 1. The average Bonchev–Trinajstić information content (AvgIpc) is 2.59. The summed E-state index contributed by atoms with van der Waals surface area (Å²) in [5.74, 6) is -0.117. The summed E-state index contributed by atoms with van der Waals surface area (Å²) in [7, 11) is -3.73. The first kappa shape index (κ1) is 18.5. The maximum atomic E-state index is 12.7. The molecule has 0 spiro atoms. The van der Waals surface area contributed by atoms with Gasteiger partial charge in [0.05, 0.1) is 4.90 Å². The predicted molar refractivity (Wildman–Crippen MR) is 103 cm³/mol. The van der Waals surface area contributed by atoms with Gasteiger partial charge in [-0.3, -0.25) is 9.52 Å². The van der Waals surface area contributed by atoms with Gasteiger partial charge in [-0.1, -0.05) is 31.5 Å². The van der Waals surface area contributed by atoms with Crippen LogP contribution in [0.4, 0.5) is 5.69 Å². The number of hydrogen-bond donors (Lipinski definition) is 1. The van der Waals surface area contributed by atoms with Gasteiger partial charge >= 0.3 is 0 Å². The molecular weight excluding hydrogens is 348 g/mol. The van der Waals surface area contributed by atoms with Gasteiger partial charge in [-0.25, -0.2) is 8.42 Å². The van der Waals surface area contributed by atoms with E-state index in [9.17, 15) is 13.2 Å². The molecule has 0 bridgehead atoms. The first-order valence-corrected chi connectivity index (χ1v) is 10.5. The molecular formula is C20H24N2O3S. The Hall–Kier alpha value is -2.34.